The first-order valence-corrected chi connectivity index (χ1v) is 9.02. The lowest BCUT2D eigenvalue weighted by atomic mass is 10.1. The molecule has 0 atom stereocenters. The van der Waals surface area contributed by atoms with Gasteiger partial charge in [0.05, 0.1) is 0 Å². The van der Waals surface area contributed by atoms with Crippen molar-refractivity contribution in [2.75, 3.05) is 24.3 Å². The molecule has 5 heteroatoms. The highest BCUT2D eigenvalue weighted by atomic mass is 16.2. The molecular weight excluding hydrogens is 326 g/mol. The lowest BCUT2D eigenvalue weighted by Gasteiger charge is -2.13. The maximum absolute atomic E-state index is 12.4. The normalized spacial score (nSPS) is 14.1. The lowest BCUT2D eigenvalue weighted by Crippen LogP contribution is -2.32. The van der Waals surface area contributed by atoms with Gasteiger partial charge in [-0.2, -0.15) is 0 Å². The number of hydrogen-bond acceptors (Lipinski definition) is 3. The lowest BCUT2D eigenvalue weighted by molar-refractivity contribution is 0.0936. The minimum absolute atomic E-state index is 0.0665. The molecule has 2 aromatic rings. The quantitative estimate of drug-likeness (QED) is 0.864. The minimum atomic E-state index is -0.189. The van der Waals surface area contributed by atoms with Crippen molar-refractivity contribution in [3.8, 4) is 0 Å². The summed E-state index contributed by atoms with van der Waals surface area (Å²) in [6.07, 6.45) is 4.47. The molecule has 0 radical (unpaired) electrons. The molecule has 3 rings (SSSR count). The molecule has 1 aliphatic carbocycles. The van der Waals surface area contributed by atoms with Gasteiger partial charge in [-0.15, -0.1) is 0 Å². The van der Waals surface area contributed by atoms with Crippen molar-refractivity contribution in [1.29, 1.82) is 0 Å². The molecule has 0 heterocycles. The van der Waals surface area contributed by atoms with Crippen LogP contribution in [0.15, 0.2) is 48.5 Å². The zero-order chi connectivity index (χ0) is 18.5. The Bertz CT molecular complexity index is 761. The third kappa shape index (κ3) is 4.42. The van der Waals surface area contributed by atoms with Crippen molar-refractivity contribution in [3.63, 3.8) is 0 Å². The predicted molar refractivity (Wildman–Crippen MR) is 105 cm³/mol. The molecule has 2 aromatic carbocycles. The Morgan fingerprint density at radius 1 is 0.846 bits per heavy atom. The van der Waals surface area contributed by atoms with Gasteiger partial charge in [-0.3, -0.25) is 9.59 Å². The molecule has 26 heavy (non-hydrogen) atoms. The van der Waals surface area contributed by atoms with Gasteiger partial charge in [-0.1, -0.05) is 12.8 Å². The molecule has 0 aromatic heterocycles. The fourth-order valence-electron chi connectivity index (χ4n) is 3.16. The van der Waals surface area contributed by atoms with E-state index in [4.69, 9.17) is 0 Å². The zero-order valence-electron chi connectivity index (χ0n) is 15.3. The van der Waals surface area contributed by atoms with Crippen molar-refractivity contribution in [1.82, 2.24) is 5.32 Å². The van der Waals surface area contributed by atoms with Gasteiger partial charge in [-0.25, -0.2) is 0 Å². The summed E-state index contributed by atoms with van der Waals surface area (Å²) < 4.78 is 0. The molecular formula is C21H25N3O2. The van der Waals surface area contributed by atoms with Gasteiger partial charge in [0, 0.05) is 42.6 Å². The SMILES string of the molecule is CN(C)c1ccc(NC(=O)c2ccc(C(=O)NC3CCCC3)cc2)cc1. The van der Waals surface area contributed by atoms with Gasteiger partial charge in [0.1, 0.15) is 0 Å². The Labute approximate surface area is 154 Å². The molecule has 0 saturated heterocycles. The smallest absolute Gasteiger partial charge is 0.255 e. The molecule has 1 fully saturated rings. The van der Waals surface area contributed by atoms with Crippen LogP contribution >= 0.6 is 0 Å². The summed E-state index contributed by atoms with van der Waals surface area (Å²) in [6.45, 7) is 0. The predicted octanol–water partition coefficient (Wildman–Crippen LogP) is 3.68. The van der Waals surface area contributed by atoms with E-state index in [0.29, 0.717) is 11.1 Å². The number of nitrogens with zero attached hydrogens (tertiary/aromatic N) is 1. The van der Waals surface area contributed by atoms with Crippen molar-refractivity contribution in [2.24, 2.45) is 0 Å². The molecule has 1 saturated carbocycles. The topological polar surface area (TPSA) is 61.4 Å². The Morgan fingerprint density at radius 2 is 1.38 bits per heavy atom. The number of carbonyl (C=O) groups excluding carboxylic acids is 2. The fourth-order valence-corrected chi connectivity index (χ4v) is 3.16. The van der Waals surface area contributed by atoms with Crippen LogP contribution in [0.5, 0.6) is 0 Å². The van der Waals surface area contributed by atoms with Crippen LogP contribution in [0.1, 0.15) is 46.4 Å². The Morgan fingerprint density at radius 3 is 1.92 bits per heavy atom. The summed E-state index contributed by atoms with van der Waals surface area (Å²) in [4.78, 5) is 26.6. The summed E-state index contributed by atoms with van der Waals surface area (Å²) >= 11 is 0. The first-order chi connectivity index (χ1) is 12.5. The third-order valence-corrected chi connectivity index (χ3v) is 4.74. The Hall–Kier alpha value is -2.82. The van der Waals surface area contributed by atoms with Crippen molar-refractivity contribution in [2.45, 2.75) is 31.7 Å². The van der Waals surface area contributed by atoms with Crippen LogP contribution in [-0.4, -0.2) is 32.0 Å². The highest BCUT2D eigenvalue weighted by molar-refractivity contribution is 6.05. The van der Waals surface area contributed by atoms with Crippen LogP contribution < -0.4 is 15.5 Å². The van der Waals surface area contributed by atoms with E-state index in [9.17, 15) is 9.59 Å². The molecule has 5 nitrogen and oxygen atoms in total. The highest BCUT2D eigenvalue weighted by Gasteiger charge is 2.18. The van der Waals surface area contributed by atoms with Gasteiger partial charge in [0.2, 0.25) is 0 Å². The number of benzene rings is 2. The van der Waals surface area contributed by atoms with Crippen LogP contribution in [0, 0.1) is 0 Å². The maximum atomic E-state index is 12.4. The molecule has 0 spiro atoms. The van der Waals surface area contributed by atoms with E-state index in [1.165, 1.54) is 12.8 Å². The van der Waals surface area contributed by atoms with Crippen molar-refractivity contribution >= 4 is 23.2 Å². The van der Waals surface area contributed by atoms with E-state index in [2.05, 4.69) is 10.6 Å². The standard InChI is InChI=1S/C21H25N3O2/c1-24(2)19-13-11-18(12-14-19)23-21(26)16-9-7-15(8-10-16)20(25)22-17-5-3-4-6-17/h7-14,17H,3-6H2,1-2H3,(H,22,25)(H,23,26). The third-order valence-electron chi connectivity index (χ3n) is 4.74. The number of carbonyl (C=O) groups is 2. The number of hydrogen-bond donors (Lipinski definition) is 2. The summed E-state index contributed by atoms with van der Waals surface area (Å²) in [5.41, 5.74) is 2.92. The Balaban J connectivity index is 1.60. The summed E-state index contributed by atoms with van der Waals surface area (Å²) in [6, 6.07) is 14.7. The maximum Gasteiger partial charge on any atom is 0.255 e. The molecule has 2 N–H and O–H groups in total. The van der Waals surface area contributed by atoms with Gasteiger partial charge in [-0.05, 0) is 61.4 Å². The van der Waals surface area contributed by atoms with E-state index in [1.54, 1.807) is 24.3 Å². The fraction of sp³-hybridized carbons (Fsp3) is 0.333. The van der Waals surface area contributed by atoms with Gasteiger partial charge < -0.3 is 15.5 Å². The first-order valence-electron chi connectivity index (χ1n) is 9.02. The average molecular weight is 351 g/mol. The molecule has 0 aliphatic heterocycles. The van der Waals surface area contributed by atoms with Crippen LogP contribution in [-0.2, 0) is 0 Å². The molecule has 2 amide bonds. The highest BCUT2D eigenvalue weighted by Crippen LogP contribution is 2.19. The van der Waals surface area contributed by atoms with E-state index >= 15 is 0 Å². The van der Waals surface area contributed by atoms with Crippen molar-refractivity contribution in [3.05, 3.63) is 59.7 Å². The van der Waals surface area contributed by atoms with Crippen LogP contribution in [0.2, 0.25) is 0 Å². The monoisotopic (exact) mass is 351 g/mol. The van der Waals surface area contributed by atoms with Crippen LogP contribution in [0.4, 0.5) is 11.4 Å². The summed E-state index contributed by atoms with van der Waals surface area (Å²) in [5.74, 6) is -0.256. The largest absolute Gasteiger partial charge is 0.378 e. The summed E-state index contributed by atoms with van der Waals surface area (Å²) in [5, 5.41) is 5.93. The minimum Gasteiger partial charge on any atom is -0.378 e. The second-order valence-electron chi connectivity index (χ2n) is 6.93. The zero-order valence-corrected chi connectivity index (χ0v) is 15.3. The van der Waals surface area contributed by atoms with E-state index in [1.807, 2.05) is 43.3 Å². The molecule has 1 aliphatic rings. The second-order valence-corrected chi connectivity index (χ2v) is 6.93. The Kier molecular flexibility index (Phi) is 5.56. The van der Waals surface area contributed by atoms with E-state index in [-0.39, 0.29) is 17.9 Å². The van der Waals surface area contributed by atoms with Crippen molar-refractivity contribution < 1.29 is 9.59 Å². The number of rotatable bonds is 5. The summed E-state index contributed by atoms with van der Waals surface area (Å²) in [7, 11) is 3.94. The second kappa shape index (κ2) is 8.04. The van der Waals surface area contributed by atoms with E-state index < -0.39 is 0 Å². The van der Waals surface area contributed by atoms with Crippen LogP contribution in [0.3, 0.4) is 0 Å². The first kappa shape index (κ1) is 18.0. The molecule has 0 unspecified atom stereocenters. The molecule has 0 bridgehead atoms. The average Bonchev–Trinajstić information content (AvgIpc) is 3.15. The number of anilines is 2. The molecule has 136 valence electrons. The number of amides is 2. The number of nitrogens with one attached hydrogen (secondary N) is 2. The van der Waals surface area contributed by atoms with Gasteiger partial charge in [0.15, 0.2) is 0 Å². The van der Waals surface area contributed by atoms with Gasteiger partial charge >= 0.3 is 0 Å². The van der Waals surface area contributed by atoms with E-state index in [0.717, 1.165) is 24.2 Å². The van der Waals surface area contributed by atoms with Gasteiger partial charge in [0.25, 0.3) is 11.8 Å². The van der Waals surface area contributed by atoms with Crippen LogP contribution in [0.25, 0.3) is 0 Å².